The predicted molar refractivity (Wildman–Crippen MR) is 68.4 cm³/mol. The van der Waals surface area contributed by atoms with Crippen LogP contribution in [0, 0.1) is 17.7 Å². The number of benzene rings is 1. The first-order valence-corrected chi connectivity index (χ1v) is 6.45. The molecule has 0 heterocycles. The first-order valence-electron chi connectivity index (χ1n) is 5.92. The first-order chi connectivity index (χ1) is 7.61. The molecular formula is C14H20ClF. The normalized spacial score (nSPS) is 13.1. The largest absolute Gasteiger partial charge is 0.207 e. The molecule has 0 spiro atoms. The molecule has 0 nitrogen and oxygen atoms in total. The van der Waals surface area contributed by atoms with E-state index in [1.165, 1.54) is 24.1 Å². The summed E-state index contributed by atoms with van der Waals surface area (Å²) in [4.78, 5) is 0. The van der Waals surface area contributed by atoms with E-state index in [1.54, 1.807) is 0 Å². The van der Waals surface area contributed by atoms with Crippen molar-refractivity contribution in [2.75, 3.05) is 5.88 Å². The van der Waals surface area contributed by atoms with Crippen LogP contribution in [-0.4, -0.2) is 5.88 Å². The highest BCUT2D eigenvalue weighted by atomic mass is 35.5. The summed E-state index contributed by atoms with van der Waals surface area (Å²) in [6.07, 6.45) is 3.31. The van der Waals surface area contributed by atoms with Crippen molar-refractivity contribution >= 4 is 11.6 Å². The zero-order chi connectivity index (χ0) is 12.0. The van der Waals surface area contributed by atoms with Gasteiger partial charge in [-0.05, 0) is 42.4 Å². The quantitative estimate of drug-likeness (QED) is 0.637. The highest BCUT2D eigenvalue weighted by molar-refractivity contribution is 6.18. The Labute approximate surface area is 103 Å². The van der Waals surface area contributed by atoms with Crippen molar-refractivity contribution in [3.05, 3.63) is 35.6 Å². The Kier molecular flexibility index (Phi) is 5.83. The van der Waals surface area contributed by atoms with Crippen LogP contribution in [0.2, 0.25) is 0 Å². The molecule has 0 radical (unpaired) electrons. The fourth-order valence-electron chi connectivity index (χ4n) is 1.76. The molecule has 0 bridgehead atoms. The van der Waals surface area contributed by atoms with Gasteiger partial charge in [-0.25, -0.2) is 4.39 Å². The van der Waals surface area contributed by atoms with E-state index in [2.05, 4.69) is 13.8 Å². The van der Waals surface area contributed by atoms with Crippen LogP contribution in [0.15, 0.2) is 24.3 Å². The van der Waals surface area contributed by atoms with Crippen molar-refractivity contribution in [1.82, 2.24) is 0 Å². The number of hydrogen-bond donors (Lipinski definition) is 0. The number of rotatable bonds is 6. The molecule has 1 atom stereocenters. The van der Waals surface area contributed by atoms with Gasteiger partial charge in [0.2, 0.25) is 0 Å². The van der Waals surface area contributed by atoms with Crippen LogP contribution in [0.1, 0.15) is 32.3 Å². The van der Waals surface area contributed by atoms with Gasteiger partial charge in [0, 0.05) is 5.88 Å². The Morgan fingerprint density at radius 1 is 1.12 bits per heavy atom. The van der Waals surface area contributed by atoms with Crippen molar-refractivity contribution in [3.8, 4) is 0 Å². The average Bonchev–Trinajstić information content (AvgIpc) is 2.26. The number of hydrogen-bond acceptors (Lipinski definition) is 0. The van der Waals surface area contributed by atoms with Gasteiger partial charge >= 0.3 is 0 Å². The molecule has 16 heavy (non-hydrogen) atoms. The summed E-state index contributed by atoms with van der Waals surface area (Å²) in [6, 6.07) is 6.74. The summed E-state index contributed by atoms with van der Waals surface area (Å²) in [6.45, 7) is 4.45. The van der Waals surface area contributed by atoms with Crippen molar-refractivity contribution in [2.45, 2.75) is 33.1 Å². The van der Waals surface area contributed by atoms with E-state index in [-0.39, 0.29) is 5.82 Å². The number of alkyl halides is 1. The van der Waals surface area contributed by atoms with Crippen LogP contribution in [-0.2, 0) is 6.42 Å². The average molecular weight is 243 g/mol. The molecule has 0 amide bonds. The molecule has 1 unspecified atom stereocenters. The lowest BCUT2D eigenvalue weighted by atomic mass is 9.93. The maximum Gasteiger partial charge on any atom is 0.123 e. The molecule has 0 aliphatic heterocycles. The van der Waals surface area contributed by atoms with Gasteiger partial charge in [0.25, 0.3) is 0 Å². The van der Waals surface area contributed by atoms with Gasteiger partial charge in [0.05, 0.1) is 0 Å². The van der Waals surface area contributed by atoms with Gasteiger partial charge in [-0.2, -0.15) is 0 Å². The standard InChI is InChI=1S/C14H20ClF/c1-11(2)3-4-13(10-15)9-12-5-7-14(16)8-6-12/h5-8,11,13H,3-4,9-10H2,1-2H3. The van der Waals surface area contributed by atoms with E-state index >= 15 is 0 Å². The zero-order valence-electron chi connectivity index (χ0n) is 10.0. The van der Waals surface area contributed by atoms with Crippen molar-refractivity contribution < 1.29 is 4.39 Å². The van der Waals surface area contributed by atoms with Gasteiger partial charge in [0.1, 0.15) is 5.82 Å². The van der Waals surface area contributed by atoms with E-state index < -0.39 is 0 Å². The van der Waals surface area contributed by atoms with Crippen LogP contribution in [0.4, 0.5) is 4.39 Å². The van der Waals surface area contributed by atoms with Crippen molar-refractivity contribution in [2.24, 2.45) is 11.8 Å². The molecule has 1 rings (SSSR count). The third kappa shape index (κ3) is 4.98. The summed E-state index contributed by atoms with van der Waals surface area (Å²) in [7, 11) is 0. The molecule has 1 aromatic rings. The van der Waals surface area contributed by atoms with Crippen LogP contribution in [0.3, 0.4) is 0 Å². The first kappa shape index (κ1) is 13.5. The molecule has 2 heteroatoms. The van der Waals surface area contributed by atoms with Crippen LogP contribution in [0.25, 0.3) is 0 Å². The predicted octanol–water partition coefficient (Wildman–Crippen LogP) is 4.66. The van der Waals surface area contributed by atoms with Gasteiger partial charge in [-0.3, -0.25) is 0 Å². The molecule has 90 valence electrons. The van der Waals surface area contributed by atoms with Crippen LogP contribution in [0.5, 0.6) is 0 Å². The fraction of sp³-hybridized carbons (Fsp3) is 0.571. The molecule has 0 aliphatic rings. The Bertz CT molecular complexity index is 292. The molecule has 0 saturated carbocycles. The van der Waals surface area contributed by atoms with E-state index in [4.69, 9.17) is 11.6 Å². The second-order valence-electron chi connectivity index (χ2n) is 4.82. The molecule has 0 fully saturated rings. The lowest BCUT2D eigenvalue weighted by Gasteiger charge is -2.15. The highest BCUT2D eigenvalue weighted by Gasteiger charge is 2.09. The van der Waals surface area contributed by atoms with Crippen molar-refractivity contribution in [3.63, 3.8) is 0 Å². The Hall–Kier alpha value is -0.560. The third-order valence-corrected chi connectivity index (χ3v) is 3.24. The number of halogens is 2. The fourth-order valence-corrected chi connectivity index (χ4v) is 2.02. The molecule has 1 aromatic carbocycles. The minimum atomic E-state index is -0.173. The molecule has 0 aromatic heterocycles. The maximum atomic E-state index is 12.7. The Balaban J connectivity index is 2.46. The van der Waals surface area contributed by atoms with Crippen LogP contribution < -0.4 is 0 Å². The minimum absolute atomic E-state index is 0.173. The summed E-state index contributed by atoms with van der Waals surface area (Å²) in [5.74, 6) is 1.74. The lowest BCUT2D eigenvalue weighted by molar-refractivity contribution is 0.452. The third-order valence-electron chi connectivity index (χ3n) is 2.81. The summed E-state index contributed by atoms with van der Waals surface area (Å²) >= 11 is 5.96. The van der Waals surface area contributed by atoms with Gasteiger partial charge in [-0.1, -0.05) is 32.4 Å². The maximum absolute atomic E-state index is 12.7. The second-order valence-corrected chi connectivity index (χ2v) is 5.13. The van der Waals surface area contributed by atoms with E-state index in [0.717, 1.165) is 18.8 Å². The van der Waals surface area contributed by atoms with E-state index in [0.29, 0.717) is 11.8 Å². The summed E-state index contributed by atoms with van der Waals surface area (Å²) in [5, 5.41) is 0. The Morgan fingerprint density at radius 3 is 2.25 bits per heavy atom. The molecular weight excluding hydrogens is 223 g/mol. The summed E-state index contributed by atoms with van der Waals surface area (Å²) < 4.78 is 12.7. The topological polar surface area (TPSA) is 0 Å². The smallest absolute Gasteiger partial charge is 0.123 e. The Morgan fingerprint density at radius 2 is 1.75 bits per heavy atom. The summed E-state index contributed by atoms with van der Waals surface area (Å²) in [5.41, 5.74) is 1.18. The lowest BCUT2D eigenvalue weighted by Crippen LogP contribution is -2.08. The minimum Gasteiger partial charge on any atom is -0.207 e. The zero-order valence-corrected chi connectivity index (χ0v) is 10.8. The van der Waals surface area contributed by atoms with E-state index in [9.17, 15) is 4.39 Å². The highest BCUT2D eigenvalue weighted by Crippen LogP contribution is 2.18. The van der Waals surface area contributed by atoms with Crippen LogP contribution >= 0.6 is 11.6 Å². The van der Waals surface area contributed by atoms with Gasteiger partial charge in [-0.15, -0.1) is 11.6 Å². The molecule has 0 saturated heterocycles. The van der Waals surface area contributed by atoms with Crippen molar-refractivity contribution in [1.29, 1.82) is 0 Å². The van der Waals surface area contributed by atoms with Gasteiger partial charge < -0.3 is 0 Å². The molecule has 0 aliphatic carbocycles. The SMILES string of the molecule is CC(C)CCC(CCl)Cc1ccc(F)cc1. The monoisotopic (exact) mass is 242 g/mol. The second kappa shape index (κ2) is 6.90. The van der Waals surface area contributed by atoms with Gasteiger partial charge in [0.15, 0.2) is 0 Å². The van der Waals surface area contributed by atoms with E-state index in [1.807, 2.05) is 12.1 Å². The molecule has 0 N–H and O–H groups in total.